The molecule has 1 aromatic carbocycles. The number of nitrogens with one attached hydrogen (secondary N) is 2. The van der Waals surface area contributed by atoms with Crippen LogP contribution in [0.5, 0.6) is 0 Å². The van der Waals surface area contributed by atoms with Gasteiger partial charge in [0.2, 0.25) is 0 Å². The van der Waals surface area contributed by atoms with Crippen molar-refractivity contribution in [3.8, 4) is 0 Å². The molecule has 0 unspecified atom stereocenters. The number of aryl methyl sites for hydroxylation is 1. The van der Waals surface area contributed by atoms with Crippen LogP contribution in [0.25, 0.3) is 11.2 Å². The Bertz CT molecular complexity index is 742. The fraction of sp³-hybridized carbons (Fsp3) is 0.312. The molecule has 5 nitrogen and oxygen atoms in total. The number of benzene rings is 1. The number of nitrogens with zero attached hydrogens (tertiary/aromatic N) is 3. The van der Waals surface area contributed by atoms with Gasteiger partial charge in [-0.1, -0.05) is 17.7 Å². The van der Waals surface area contributed by atoms with Crippen molar-refractivity contribution in [1.82, 2.24) is 19.9 Å². The highest BCUT2D eigenvalue weighted by molar-refractivity contribution is 8.02. The van der Waals surface area contributed by atoms with E-state index in [0.717, 1.165) is 35.1 Å². The molecular weight excluding hydrogens is 326 g/mol. The normalized spacial score (nSPS) is 11.0. The van der Waals surface area contributed by atoms with E-state index in [-0.39, 0.29) is 0 Å². The third kappa shape index (κ3) is 4.62. The van der Waals surface area contributed by atoms with Crippen LogP contribution in [-0.2, 0) is 0 Å². The smallest absolute Gasteiger partial charge is 0.182 e. The second kappa shape index (κ2) is 8.21. The van der Waals surface area contributed by atoms with Crippen LogP contribution in [0.4, 0.5) is 5.82 Å². The van der Waals surface area contributed by atoms with Gasteiger partial charge in [-0.2, -0.15) is 11.8 Å². The summed E-state index contributed by atoms with van der Waals surface area (Å²) >= 11 is 3.86. The molecule has 0 saturated carbocycles. The Kier molecular flexibility index (Phi) is 5.76. The number of aromatic amines is 1. The molecule has 0 amide bonds. The van der Waals surface area contributed by atoms with E-state index in [2.05, 4.69) is 56.4 Å². The number of imidazole rings is 1. The zero-order chi connectivity index (χ0) is 15.9. The lowest BCUT2D eigenvalue weighted by atomic mass is 10.2. The van der Waals surface area contributed by atoms with Gasteiger partial charge in [0.05, 0.1) is 6.33 Å². The Morgan fingerprint density at radius 2 is 1.91 bits per heavy atom. The van der Waals surface area contributed by atoms with Crippen molar-refractivity contribution in [2.45, 2.75) is 11.8 Å². The maximum absolute atomic E-state index is 4.25. The summed E-state index contributed by atoms with van der Waals surface area (Å²) < 4.78 is 0. The van der Waals surface area contributed by atoms with Gasteiger partial charge in [-0.25, -0.2) is 15.0 Å². The minimum absolute atomic E-state index is 0.699. The van der Waals surface area contributed by atoms with Crippen molar-refractivity contribution in [2.24, 2.45) is 0 Å². The molecule has 0 radical (unpaired) electrons. The molecule has 0 aliphatic carbocycles. The van der Waals surface area contributed by atoms with E-state index in [4.69, 9.17) is 0 Å². The average Bonchev–Trinajstić information content (AvgIpc) is 3.05. The Labute approximate surface area is 144 Å². The van der Waals surface area contributed by atoms with Gasteiger partial charge in [0.15, 0.2) is 11.5 Å². The molecule has 120 valence electrons. The van der Waals surface area contributed by atoms with Crippen molar-refractivity contribution in [1.29, 1.82) is 0 Å². The third-order valence-electron chi connectivity index (χ3n) is 3.28. The lowest BCUT2D eigenvalue weighted by Crippen LogP contribution is -2.07. The quantitative estimate of drug-likeness (QED) is 0.480. The summed E-state index contributed by atoms with van der Waals surface area (Å²) in [5.41, 5.74) is 2.88. The number of thioether (sulfide) groups is 2. The van der Waals surface area contributed by atoms with Crippen LogP contribution < -0.4 is 5.32 Å². The molecule has 3 aromatic rings. The number of H-pyrrole nitrogens is 1. The predicted octanol–water partition coefficient (Wildman–Crippen LogP) is 3.60. The standard InChI is InChI=1S/C16H19N5S2/c1-12-2-4-13(5-3-12)23-9-8-22-7-6-17-15-14-16(19-10-18-14)21-11-20-15/h2-5,10-11H,6-9H2,1H3,(H2,17,18,19,20,21). The van der Waals surface area contributed by atoms with E-state index in [1.807, 2.05) is 23.5 Å². The summed E-state index contributed by atoms with van der Waals surface area (Å²) in [5, 5.41) is 3.34. The lowest BCUT2D eigenvalue weighted by Gasteiger charge is -2.06. The van der Waals surface area contributed by atoms with Gasteiger partial charge in [0.1, 0.15) is 11.8 Å². The van der Waals surface area contributed by atoms with Gasteiger partial charge in [-0.3, -0.25) is 0 Å². The first kappa shape index (κ1) is 16.1. The van der Waals surface area contributed by atoms with Gasteiger partial charge in [-0.15, -0.1) is 11.8 Å². The number of anilines is 1. The SMILES string of the molecule is Cc1ccc(SCCSCCNc2ncnc3nc[nH]c23)cc1. The molecule has 0 spiro atoms. The molecule has 2 N–H and O–H groups in total. The largest absolute Gasteiger partial charge is 0.367 e. The topological polar surface area (TPSA) is 66.5 Å². The molecule has 0 atom stereocenters. The molecule has 0 aliphatic heterocycles. The van der Waals surface area contributed by atoms with Crippen LogP contribution in [0.1, 0.15) is 5.56 Å². The highest BCUT2D eigenvalue weighted by Gasteiger charge is 2.04. The molecular formula is C16H19N5S2. The van der Waals surface area contributed by atoms with Gasteiger partial charge >= 0.3 is 0 Å². The first-order chi connectivity index (χ1) is 11.3. The van der Waals surface area contributed by atoms with Crippen molar-refractivity contribution >= 4 is 40.5 Å². The molecule has 23 heavy (non-hydrogen) atoms. The second-order valence-corrected chi connectivity index (χ2v) is 7.42. The fourth-order valence-corrected chi connectivity index (χ4v) is 3.92. The van der Waals surface area contributed by atoms with Crippen molar-refractivity contribution in [2.75, 3.05) is 29.1 Å². The van der Waals surface area contributed by atoms with E-state index in [1.54, 1.807) is 6.33 Å². The highest BCUT2D eigenvalue weighted by Crippen LogP contribution is 2.19. The molecule has 0 aliphatic rings. The summed E-state index contributed by atoms with van der Waals surface area (Å²) in [6, 6.07) is 8.71. The average molecular weight is 345 g/mol. The number of hydrogen-bond donors (Lipinski definition) is 2. The maximum Gasteiger partial charge on any atom is 0.182 e. The van der Waals surface area contributed by atoms with Gasteiger partial charge < -0.3 is 10.3 Å². The number of rotatable bonds is 8. The van der Waals surface area contributed by atoms with E-state index >= 15 is 0 Å². The molecule has 0 fully saturated rings. The van der Waals surface area contributed by atoms with Gasteiger partial charge in [0, 0.05) is 28.7 Å². The second-order valence-electron chi connectivity index (χ2n) is 5.02. The Morgan fingerprint density at radius 1 is 1.04 bits per heavy atom. The third-order valence-corrected chi connectivity index (χ3v) is 5.54. The van der Waals surface area contributed by atoms with Gasteiger partial charge in [-0.05, 0) is 19.1 Å². The van der Waals surface area contributed by atoms with E-state index < -0.39 is 0 Å². The molecule has 0 bridgehead atoms. The van der Waals surface area contributed by atoms with Crippen molar-refractivity contribution < 1.29 is 0 Å². The van der Waals surface area contributed by atoms with E-state index in [9.17, 15) is 0 Å². The van der Waals surface area contributed by atoms with Crippen LogP contribution in [0.3, 0.4) is 0 Å². The minimum atomic E-state index is 0.699. The molecule has 7 heteroatoms. The Morgan fingerprint density at radius 3 is 2.78 bits per heavy atom. The summed E-state index contributed by atoms with van der Waals surface area (Å²) in [6.45, 7) is 3.00. The Hall–Kier alpha value is -1.73. The minimum Gasteiger partial charge on any atom is -0.367 e. The van der Waals surface area contributed by atoms with Crippen LogP contribution >= 0.6 is 23.5 Å². The molecule has 3 rings (SSSR count). The number of aromatic nitrogens is 4. The maximum atomic E-state index is 4.25. The summed E-state index contributed by atoms with van der Waals surface area (Å²) in [6.07, 6.45) is 3.18. The predicted molar refractivity (Wildman–Crippen MR) is 99.4 cm³/mol. The van der Waals surface area contributed by atoms with Crippen LogP contribution in [0, 0.1) is 6.92 Å². The monoisotopic (exact) mass is 345 g/mol. The summed E-state index contributed by atoms with van der Waals surface area (Å²) in [7, 11) is 0. The number of hydrogen-bond acceptors (Lipinski definition) is 6. The summed E-state index contributed by atoms with van der Waals surface area (Å²) in [5.74, 6) is 4.14. The number of fused-ring (bicyclic) bond motifs is 1. The van der Waals surface area contributed by atoms with Gasteiger partial charge in [0.25, 0.3) is 0 Å². The first-order valence-electron chi connectivity index (χ1n) is 7.48. The van der Waals surface area contributed by atoms with Crippen LogP contribution in [0.2, 0.25) is 0 Å². The van der Waals surface area contributed by atoms with E-state index in [1.165, 1.54) is 16.8 Å². The van der Waals surface area contributed by atoms with E-state index in [0.29, 0.717) is 5.65 Å². The fourth-order valence-electron chi connectivity index (χ4n) is 2.10. The first-order valence-corrected chi connectivity index (χ1v) is 9.62. The summed E-state index contributed by atoms with van der Waals surface area (Å²) in [4.78, 5) is 16.9. The Balaban J connectivity index is 1.33. The zero-order valence-corrected chi connectivity index (χ0v) is 14.6. The lowest BCUT2D eigenvalue weighted by molar-refractivity contribution is 1.14. The highest BCUT2D eigenvalue weighted by atomic mass is 32.2. The van der Waals surface area contributed by atoms with Crippen molar-refractivity contribution in [3.63, 3.8) is 0 Å². The molecule has 2 heterocycles. The molecule has 2 aromatic heterocycles. The zero-order valence-electron chi connectivity index (χ0n) is 13.0. The van der Waals surface area contributed by atoms with Crippen molar-refractivity contribution in [3.05, 3.63) is 42.5 Å². The molecule has 0 saturated heterocycles. The van der Waals surface area contributed by atoms with Crippen LogP contribution in [0.15, 0.2) is 41.8 Å². The van der Waals surface area contributed by atoms with Crippen LogP contribution in [-0.4, -0.2) is 43.7 Å².